The van der Waals surface area contributed by atoms with Gasteiger partial charge in [-0.15, -0.1) is 0 Å². The van der Waals surface area contributed by atoms with Gasteiger partial charge < -0.3 is 25.4 Å². The number of aromatic hydroxyl groups is 1. The molecule has 0 saturated heterocycles. The van der Waals surface area contributed by atoms with Crippen molar-refractivity contribution in [3.63, 3.8) is 0 Å². The maximum absolute atomic E-state index is 11.2. The highest BCUT2D eigenvalue weighted by Crippen LogP contribution is 2.26. The number of aliphatic carboxylic acids is 1. The van der Waals surface area contributed by atoms with Gasteiger partial charge in [-0.25, -0.2) is 4.79 Å². The van der Waals surface area contributed by atoms with Crippen LogP contribution in [0, 0.1) is 0 Å². The Balaban J connectivity index is 1.90. The Hall–Kier alpha value is -2.28. The third-order valence-electron chi connectivity index (χ3n) is 4.48. The molecule has 6 nitrogen and oxygen atoms in total. The van der Waals surface area contributed by atoms with Crippen LogP contribution < -0.4 is 10.1 Å². The molecule has 2 atom stereocenters. The molecule has 0 aromatic heterocycles. The number of carboxylic acids is 1. The molecule has 0 aliphatic carbocycles. The Morgan fingerprint density at radius 3 is 2.43 bits per heavy atom. The Morgan fingerprint density at radius 2 is 1.86 bits per heavy atom. The van der Waals surface area contributed by atoms with E-state index in [1.54, 1.807) is 42.5 Å². The summed E-state index contributed by atoms with van der Waals surface area (Å²) in [5.41, 5.74) is 0.269. The SMILES string of the molecule is C[C@@H](NCCc1ccc(OC(C)(C)C(=O)O)cc1Cl)[C@H](O)c1ccc(O)cc1. The molecule has 0 bridgehead atoms. The van der Waals surface area contributed by atoms with Crippen molar-refractivity contribution in [2.75, 3.05) is 6.54 Å². The van der Waals surface area contributed by atoms with Crippen LogP contribution >= 0.6 is 11.6 Å². The normalized spacial score (nSPS) is 13.8. The molecule has 4 N–H and O–H groups in total. The molecule has 0 spiro atoms. The summed E-state index contributed by atoms with van der Waals surface area (Å²) in [6.45, 7) is 5.42. The van der Waals surface area contributed by atoms with Gasteiger partial charge in [0.2, 0.25) is 0 Å². The number of halogens is 1. The number of ether oxygens (including phenoxy) is 1. The Morgan fingerprint density at radius 1 is 1.21 bits per heavy atom. The number of carbonyl (C=O) groups is 1. The van der Waals surface area contributed by atoms with Gasteiger partial charge >= 0.3 is 5.97 Å². The summed E-state index contributed by atoms with van der Waals surface area (Å²) in [6.07, 6.45) is -0.0706. The van der Waals surface area contributed by atoms with Gasteiger partial charge in [-0.05, 0) is 69.1 Å². The minimum absolute atomic E-state index is 0.158. The number of nitrogens with one attached hydrogen (secondary N) is 1. The molecule has 0 aliphatic heterocycles. The maximum Gasteiger partial charge on any atom is 0.347 e. The molecule has 2 aromatic rings. The number of hydrogen-bond acceptors (Lipinski definition) is 5. The smallest absolute Gasteiger partial charge is 0.347 e. The number of phenolic OH excluding ortho intramolecular Hbond substituents is 1. The van der Waals surface area contributed by atoms with E-state index >= 15 is 0 Å². The Bertz CT molecular complexity index is 807. The molecule has 0 fully saturated rings. The summed E-state index contributed by atoms with van der Waals surface area (Å²) in [5, 5.41) is 32.6. The zero-order valence-electron chi connectivity index (χ0n) is 16.1. The summed E-state index contributed by atoms with van der Waals surface area (Å²) >= 11 is 6.30. The number of aliphatic hydroxyl groups is 1. The third kappa shape index (κ3) is 5.86. The second-order valence-corrected chi connectivity index (χ2v) is 7.61. The fraction of sp³-hybridized carbons (Fsp3) is 0.381. The average molecular weight is 408 g/mol. The molecular weight excluding hydrogens is 382 g/mol. The number of aliphatic hydroxyl groups excluding tert-OH is 1. The van der Waals surface area contributed by atoms with E-state index in [4.69, 9.17) is 21.4 Å². The van der Waals surface area contributed by atoms with Crippen LogP contribution in [0.3, 0.4) is 0 Å². The second kappa shape index (κ2) is 9.28. The molecule has 2 aromatic carbocycles. The fourth-order valence-electron chi connectivity index (χ4n) is 2.64. The highest BCUT2D eigenvalue weighted by molar-refractivity contribution is 6.31. The summed E-state index contributed by atoms with van der Waals surface area (Å²) in [4.78, 5) is 11.2. The van der Waals surface area contributed by atoms with Crippen molar-refractivity contribution in [3.8, 4) is 11.5 Å². The first-order chi connectivity index (χ1) is 13.1. The van der Waals surface area contributed by atoms with Crippen LogP contribution in [-0.2, 0) is 11.2 Å². The van der Waals surface area contributed by atoms with E-state index in [2.05, 4.69) is 5.32 Å². The zero-order chi connectivity index (χ0) is 20.9. The monoisotopic (exact) mass is 407 g/mol. The van der Waals surface area contributed by atoms with Crippen LogP contribution in [0.5, 0.6) is 11.5 Å². The van der Waals surface area contributed by atoms with E-state index in [-0.39, 0.29) is 11.8 Å². The number of phenols is 1. The van der Waals surface area contributed by atoms with E-state index in [0.29, 0.717) is 23.7 Å². The number of carboxylic acid groups (broad SMARTS) is 1. The van der Waals surface area contributed by atoms with Crippen LogP contribution in [0.4, 0.5) is 0 Å². The van der Waals surface area contributed by atoms with Gasteiger partial charge in [0.05, 0.1) is 6.10 Å². The molecule has 0 amide bonds. The van der Waals surface area contributed by atoms with Crippen LogP contribution in [-0.4, -0.2) is 39.5 Å². The second-order valence-electron chi connectivity index (χ2n) is 7.20. The van der Waals surface area contributed by atoms with Crippen molar-refractivity contribution in [3.05, 3.63) is 58.6 Å². The fourth-order valence-corrected chi connectivity index (χ4v) is 2.90. The predicted molar refractivity (Wildman–Crippen MR) is 108 cm³/mol. The van der Waals surface area contributed by atoms with E-state index in [1.807, 2.05) is 6.92 Å². The Labute approximate surface area is 169 Å². The van der Waals surface area contributed by atoms with Crippen molar-refractivity contribution >= 4 is 17.6 Å². The molecule has 28 heavy (non-hydrogen) atoms. The summed E-state index contributed by atoms with van der Waals surface area (Å²) in [5.74, 6) is -0.506. The van der Waals surface area contributed by atoms with E-state index in [1.165, 1.54) is 13.8 Å². The zero-order valence-corrected chi connectivity index (χ0v) is 16.9. The summed E-state index contributed by atoms with van der Waals surface area (Å²) < 4.78 is 5.48. The summed E-state index contributed by atoms with van der Waals surface area (Å²) in [6, 6.07) is 11.4. The molecule has 0 radical (unpaired) electrons. The standard InChI is InChI=1S/C21H26ClNO5/c1-13(19(25)15-4-7-16(24)8-5-15)23-11-10-14-6-9-17(12-18(14)22)28-21(2,3)20(26)27/h4-9,12-13,19,23-25H,10-11H2,1-3H3,(H,26,27)/t13-,19+/m1/s1. The lowest BCUT2D eigenvalue weighted by Crippen LogP contribution is -2.37. The predicted octanol–water partition coefficient (Wildman–Crippen LogP) is 3.54. The van der Waals surface area contributed by atoms with Gasteiger partial charge in [0, 0.05) is 11.1 Å². The van der Waals surface area contributed by atoms with Crippen LogP contribution in [0.15, 0.2) is 42.5 Å². The molecule has 0 unspecified atom stereocenters. The molecule has 2 rings (SSSR count). The van der Waals surface area contributed by atoms with Crippen LogP contribution in [0.2, 0.25) is 5.02 Å². The van der Waals surface area contributed by atoms with Crippen LogP contribution in [0.25, 0.3) is 0 Å². The minimum atomic E-state index is -1.34. The molecule has 0 aliphatic rings. The largest absolute Gasteiger partial charge is 0.508 e. The quantitative estimate of drug-likeness (QED) is 0.507. The van der Waals surface area contributed by atoms with Gasteiger partial charge in [0.15, 0.2) is 5.60 Å². The Kier molecular flexibility index (Phi) is 7.29. The van der Waals surface area contributed by atoms with Crippen molar-refractivity contribution in [1.82, 2.24) is 5.32 Å². The molecule has 0 saturated carbocycles. The first-order valence-electron chi connectivity index (χ1n) is 9.01. The van der Waals surface area contributed by atoms with Crippen LogP contribution in [0.1, 0.15) is 38.0 Å². The van der Waals surface area contributed by atoms with Crippen molar-refractivity contribution in [1.29, 1.82) is 0 Å². The lowest BCUT2D eigenvalue weighted by molar-refractivity contribution is -0.152. The van der Waals surface area contributed by atoms with Crippen molar-refractivity contribution < 1.29 is 24.9 Å². The van der Waals surface area contributed by atoms with E-state index in [9.17, 15) is 15.0 Å². The minimum Gasteiger partial charge on any atom is -0.508 e. The van der Waals surface area contributed by atoms with Gasteiger partial charge in [0.1, 0.15) is 11.5 Å². The first-order valence-corrected chi connectivity index (χ1v) is 9.39. The molecule has 152 valence electrons. The lowest BCUT2D eigenvalue weighted by atomic mass is 10.0. The lowest BCUT2D eigenvalue weighted by Gasteiger charge is -2.22. The number of hydrogen-bond donors (Lipinski definition) is 4. The first kappa shape index (κ1) is 22.0. The topological polar surface area (TPSA) is 99.0 Å². The van der Waals surface area contributed by atoms with Gasteiger partial charge in [-0.3, -0.25) is 0 Å². The maximum atomic E-state index is 11.2. The van der Waals surface area contributed by atoms with E-state index in [0.717, 1.165) is 11.1 Å². The van der Waals surface area contributed by atoms with E-state index < -0.39 is 17.7 Å². The highest BCUT2D eigenvalue weighted by atomic mass is 35.5. The van der Waals surface area contributed by atoms with Gasteiger partial charge in [-0.1, -0.05) is 29.8 Å². The summed E-state index contributed by atoms with van der Waals surface area (Å²) in [7, 11) is 0. The van der Waals surface area contributed by atoms with Gasteiger partial charge in [-0.2, -0.15) is 0 Å². The highest BCUT2D eigenvalue weighted by Gasteiger charge is 2.29. The molecule has 0 heterocycles. The third-order valence-corrected chi connectivity index (χ3v) is 4.83. The van der Waals surface area contributed by atoms with Gasteiger partial charge in [0.25, 0.3) is 0 Å². The molecule has 7 heteroatoms. The van der Waals surface area contributed by atoms with Crippen molar-refractivity contribution in [2.45, 2.75) is 44.9 Å². The average Bonchev–Trinajstić information content (AvgIpc) is 2.63. The molecular formula is C21H26ClNO5. The van der Waals surface area contributed by atoms with Crippen molar-refractivity contribution in [2.24, 2.45) is 0 Å². The number of benzene rings is 2. The number of rotatable bonds is 9.